The van der Waals surface area contributed by atoms with E-state index in [-0.39, 0.29) is 22.4 Å². The molecule has 0 aliphatic carbocycles. The molecule has 0 spiro atoms. The number of thioether (sulfide) groups is 1. The first-order chi connectivity index (χ1) is 13.8. The first-order valence-corrected chi connectivity index (χ1v) is 10.0. The summed E-state index contributed by atoms with van der Waals surface area (Å²) in [5.74, 6) is 1.30. The van der Waals surface area contributed by atoms with Crippen molar-refractivity contribution < 1.29 is 14.1 Å². The third-order valence-electron chi connectivity index (χ3n) is 3.78. The Morgan fingerprint density at radius 3 is 2.79 bits per heavy atom. The van der Waals surface area contributed by atoms with Crippen molar-refractivity contribution >= 4 is 40.6 Å². The van der Waals surface area contributed by atoms with Gasteiger partial charge in [-0.2, -0.15) is 0 Å². The van der Waals surface area contributed by atoms with Gasteiger partial charge in [0.2, 0.25) is 5.91 Å². The number of hydrogen-bond donors (Lipinski definition) is 1. The number of furan rings is 1. The van der Waals surface area contributed by atoms with Gasteiger partial charge in [0.25, 0.3) is 5.69 Å². The zero-order chi connectivity index (χ0) is 21.0. The Bertz CT molecular complexity index is 1020. The van der Waals surface area contributed by atoms with Gasteiger partial charge in [-0.25, -0.2) is 0 Å². The topological polar surface area (TPSA) is 116 Å². The maximum Gasteiger partial charge on any atom is 0.271 e. The monoisotopic (exact) mass is 435 g/mol. The number of carbonyl (C=O) groups is 1. The molecule has 29 heavy (non-hydrogen) atoms. The molecule has 2 heterocycles. The summed E-state index contributed by atoms with van der Waals surface area (Å²) >= 11 is 7.25. The van der Waals surface area contributed by atoms with Crippen molar-refractivity contribution in [2.45, 2.75) is 25.5 Å². The van der Waals surface area contributed by atoms with E-state index in [1.54, 1.807) is 18.4 Å². The summed E-state index contributed by atoms with van der Waals surface area (Å²) in [6.45, 7) is 4.81. The number of nitro benzene ring substituents is 1. The van der Waals surface area contributed by atoms with Crippen molar-refractivity contribution in [2.24, 2.45) is 5.92 Å². The van der Waals surface area contributed by atoms with Crippen LogP contribution < -0.4 is 5.32 Å². The van der Waals surface area contributed by atoms with E-state index in [0.717, 1.165) is 0 Å². The number of nitrogens with one attached hydrogen (secondary N) is 1. The lowest BCUT2D eigenvalue weighted by molar-refractivity contribution is -0.384. The van der Waals surface area contributed by atoms with E-state index in [1.165, 1.54) is 30.0 Å². The molecule has 0 fully saturated rings. The van der Waals surface area contributed by atoms with Crippen LogP contribution in [0.15, 0.2) is 46.2 Å². The molecule has 152 valence electrons. The van der Waals surface area contributed by atoms with Crippen molar-refractivity contribution in [3.8, 4) is 11.6 Å². The predicted molar refractivity (Wildman–Crippen MR) is 110 cm³/mol. The lowest BCUT2D eigenvalue weighted by atomic mass is 10.2. The number of carbonyl (C=O) groups excluding carboxylic acids is 1. The highest BCUT2D eigenvalue weighted by Gasteiger charge is 2.19. The van der Waals surface area contributed by atoms with Crippen molar-refractivity contribution in [3.63, 3.8) is 0 Å². The molecule has 11 heteroatoms. The predicted octanol–water partition coefficient (Wildman–Crippen LogP) is 4.49. The van der Waals surface area contributed by atoms with Crippen molar-refractivity contribution in [1.82, 2.24) is 14.8 Å². The molecule has 0 aliphatic heterocycles. The maximum atomic E-state index is 12.3. The van der Waals surface area contributed by atoms with Gasteiger partial charge in [-0.3, -0.25) is 19.5 Å². The Kier molecular flexibility index (Phi) is 6.55. The largest absolute Gasteiger partial charge is 0.461 e. The summed E-state index contributed by atoms with van der Waals surface area (Å²) < 4.78 is 7.34. The van der Waals surface area contributed by atoms with Crippen LogP contribution >= 0.6 is 23.4 Å². The number of nitrogens with zero attached hydrogens (tertiary/aromatic N) is 4. The second-order valence-corrected chi connectivity index (χ2v) is 7.90. The lowest BCUT2D eigenvalue weighted by Gasteiger charge is -2.11. The van der Waals surface area contributed by atoms with Crippen LogP contribution in [0.4, 0.5) is 11.4 Å². The highest BCUT2D eigenvalue weighted by atomic mass is 35.5. The number of aromatic nitrogens is 3. The molecular weight excluding hydrogens is 418 g/mol. The van der Waals surface area contributed by atoms with E-state index >= 15 is 0 Å². The molecule has 0 saturated heterocycles. The van der Waals surface area contributed by atoms with Gasteiger partial charge in [0, 0.05) is 18.7 Å². The molecule has 0 radical (unpaired) electrons. The fourth-order valence-corrected chi connectivity index (χ4v) is 3.52. The van der Waals surface area contributed by atoms with Crippen LogP contribution in [-0.4, -0.2) is 31.3 Å². The zero-order valence-corrected chi connectivity index (χ0v) is 17.2. The van der Waals surface area contributed by atoms with Crippen LogP contribution in [0.2, 0.25) is 5.02 Å². The summed E-state index contributed by atoms with van der Waals surface area (Å²) in [4.78, 5) is 22.6. The lowest BCUT2D eigenvalue weighted by Crippen LogP contribution is -2.15. The molecule has 0 bridgehead atoms. The van der Waals surface area contributed by atoms with Gasteiger partial charge in [0.05, 0.1) is 27.6 Å². The minimum atomic E-state index is -0.550. The Morgan fingerprint density at radius 1 is 1.38 bits per heavy atom. The molecule has 1 aromatic carbocycles. The molecule has 1 amide bonds. The third kappa shape index (κ3) is 5.15. The van der Waals surface area contributed by atoms with Crippen LogP contribution in [0.3, 0.4) is 0 Å². The van der Waals surface area contributed by atoms with E-state index in [9.17, 15) is 14.9 Å². The maximum absolute atomic E-state index is 12.3. The third-order valence-corrected chi connectivity index (χ3v) is 5.06. The molecule has 0 unspecified atom stereocenters. The van der Waals surface area contributed by atoms with Crippen LogP contribution in [0.5, 0.6) is 0 Å². The smallest absolute Gasteiger partial charge is 0.271 e. The van der Waals surface area contributed by atoms with E-state index < -0.39 is 4.92 Å². The zero-order valence-electron chi connectivity index (χ0n) is 15.7. The van der Waals surface area contributed by atoms with Gasteiger partial charge in [0.1, 0.15) is 0 Å². The summed E-state index contributed by atoms with van der Waals surface area (Å²) in [5, 5.41) is 22.5. The van der Waals surface area contributed by atoms with Crippen molar-refractivity contribution in [3.05, 3.63) is 51.7 Å². The fourth-order valence-electron chi connectivity index (χ4n) is 2.55. The molecule has 1 N–H and O–H groups in total. The Balaban J connectivity index is 1.69. The second kappa shape index (κ2) is 9.10. The molecule has 0 saturated carbocycles. The number of anilines is 1. The van der Waals surface area contributed by atoms with Gasteiger partial charge in [-0.15, -0.1) is 10.2 Å². The number of halogens is 1. The van der Waals surface area contributed by atoms with Crippen molar-refractivity contribution in [2.75, 3.05) is 11.1 Å². The van der Waals surface area contributed by atoms with Gasteiger partial charge in [-0.05, 0) is 24.1 Å². The van der Waals surface area contributed by atoms with E-state index in [1.807, 2.05) is 4.57 Å². The van der Waals surface area contributed by atoms with Gasteiger partial charge >= 0.3 is 0 Å². The molecule has 0 atom stereocenters. The number of amides is 1. The Morgan fingerprint density at radius 2 is 2.17 bits per heavy atom. The summed E-state index contributed by atoms with van der Waals surface area (Å²) in [6.07, 6.45) is 1.57. The number of hydrogen-bond acceptors (Lipinski definition) is 7. The minimum Gasteiger partial charge on any atom is -0.461 e. The average Bonchev–Trinajstić information content (AvgIpc) is 3.31. The summed E-state index contributed by atoms with van der Waals surface area (Å²) in [5.41, 5.74) is 0.164. The molecular formula is C18H18ClN5O4S. The highest BCUT2D eigenvalue weighted by molar-refractivity contribution is 7.99. The molecule has 3 rings (SSSR count). The Labute approximate surface area is 175 Å². The molecule has 9 nitrogen and oxygen atoms in total. The normalized spacial score (nSPS) is 11.0. The van der Waals surface area contributed by atoms with E-state index in [4.69, 9.17) is 16.0 Å². The molecule has 2 aromatic heterocycles. The van der Waals surface area contributed by atoms with Gasteiger partial charge in [0.15, 0.2) is 16.7 Å². The standard InChI is InChI=1S/C18H18ClN5O4S/c1-11(2)9-23-17(15-4-3-7-28-15)21-22-18(23)29-10-16(25)20-14-6-5-12(24(26)27)8-13(14)19/h3-8,11H,9-10H2,1-2H3,(H,20,25). The highest BCUT2D eigenvalue weighted by Crippen LogP contribution is 2.28. The van der Waals surface area contributed by atoms with Gasteiger partial charge in [-0.1, -0.05) is 37.2 Å². The number of nitro groups is 1. The molecule has 3 aromatic rings. The van der Waals surface area contributed by atoms with Gasteiger partial charge < -0.3 is 9.73 Å². The number of benzene rings is 1. The van der Waals surface area contributed by atoms with E-state index in [0.29, 0.717) is 34.9 Å². The summed E-state index contributed by atoms with van der Waals surface area (Å²) in [6, 6.07) is 7.46. The summed E-state index contributed by atoms with van der Waals surface area (Å²) in [7, 11) is 0. The SMILES string of the molecule is CC(C)Cn1c(SCC(=O)Nc2ccc([N+](=O)[O-])cc2Cl)nnc1-c1ccco1. The van der Waals surface area contributed by atoms with Crippen LogP contribution in [0.1, 0.15) is 13.8 Å². The van der Waals surface area contributed by atoms with Crippen LogP contribution in [0, 0.1) is 16.0 Å². The minimum absolute atomic E-state index is 0.0711. The van der Waals surface area contributed by atoms with Crippen molar-refractivity contribution in [1.29, 1.82) is 0 Å². The Hall–Kier alpha value is -2.85. The second-order valence-electron chi connectivity index (χ2n) is 6.55. The first-order valence-electron chi connectivity index (χ1n) is 8.69. The molecule has 0 aliphatic rings. The fraction of sp³-hybridized carbons (Fsp3) is 0.278. The quantitative estimate of drug-likeness (QED) is 0.315. The average molecular weight is 436 g/mol. The number of rotatable bonds is 8. The van der Waals surface area contributed by atoms with Crippen LogP contribution in [0.25, 0.3) is 11.6 Å². The van der Waals surface area contributed by atoms with Crippen LogP contribution in [-0.2, 0) is 11.3 Å². The first kappa shape index (κ1) is 20.9. The number of non-ortho nitro benzene ring substituents is 1. The van der Waals surface area contributed by atoms with E-state index in [2.05, 4.69) is 29.4 Å².